The molecule has 0 bridgehead atoms. The smallest absolute Gasteiger partial charge is 0.326 e. The van der Waals surface area contributed by atoms with E-state index in [1.165, 1.54) is 17.8 Å². The highest BCUT2D eigenvalue weighted by Gasteiger charge is 2.18. The summed E-state index contributed by atoms with van der Waals surface area (Å²) < 4.78 is 0. The van der Waals surface area contributed by atoms with Crippen LogP contribution in [0.1, 0.15) is 6.42 Å². The first-order chi connectivity index (χ1) is 9.43. The van der Waals surface area contributed by atoms with Crippen LogP contribution in [-0.4, -0.2) is 28.8 Å². The van der Waals surface area contributed by atoms with Crippen LogP contribution in [0.3, 0.4) is 0 Å². The highest BCUT2D eigenvalue weighted by Crippen LogP contribution is 2.29. The molecular formula is C13H13Cl2NO3S. The summed E-state index contributed by atoms with van der Waals surface area (Å²) in [6, 6.07) is 3.98. The molecule has 0 heterocycles. The quantitative estimate of drug-likeness (QED) is 0.593. The molecule has 0 aliphatic heterocycles. The molecule has 0 fully saturated rings. The van der Waals surface area contributed by atoms with Crippen LogP contribution in [0.15, 0.2) is 35.7 Å². The summed E-state index contributed by atoms with van der Waals surface area (Å²) in [6.07, 6.45) is 1.61. The van der Waals surface area contributed by atoms with Crippen LogP contribution in [0.5, 0.6) is 0 Å². The lowest BCUT2D eigenvalue weighted by Crippen LogP contribution is -2.41. The van der Waals surface area contributed by atoms with Gasteiger partial charge in [-0.05, 0) is 24.6 Å². The fourth-order valence-corrected chi connectivity index (χ4v) is 2.66. The van der Waals surface area contributed by atoms with Gasteiger partial charge in [-0.1, -0.05) is 29.3 Å². The summed E-state index contributed by atoms with van der Waals surface area (Å²) in [5.74, 6) is -1.43. The van der Waals surface area contributed by atoms with Crippen LogP contribution in [-0.2, 0) is 9.59 Å². The van der Waals surface area contributed by atoms with Crippen LogP contribution < -0.4 is 5.32 Å². The zero-order valence-electron chi connectivity index (χ0n) is 10.4. The summed E-state index contributed by atoms with van der Waals surface area (Å²) in [6.45, 7) is 3.45. The van der Waals surface area contributed by atoms with E-state index in [-0.39, 0.29) is 18.1 Å². The Labute approximate surface area is 131 Å². The molecule has 2 N–H and O–H groups in total. The number of halogens is 2. The number of rotatable bonds is 7. The van der Waals surface area contributed by atoms with Gasteiger partial charge >= 0.3 is 5.97 Å². The summed E-state index contributed by atoms with van der Waals surface area (Å²) in [7, 11) is 0. The molecule has 1 amide bonds. The summed E-state index contributed by atoms with van der Waals surface area (Å²) >= 11 is 13.0. The Morgan fingerprint density at radius 3 is 2.75 bits per heavy atom. The van der Waals surface area contributed by atoms with Crippen molar-refractivity contribution in [2.24, 2.45) is 0 Å². The van der Waals surface area contributed by atoms with Gasteiger partial charge in [0.25, 0.3) is 0 Å². The number of hydrogen-bond acceptors (Lipinski definition) is 3. The Balaban J connectivity index is 2.56. The zero-order chi connectivity index (χ0) is 15.1. The number of hydrogen-bond donors (Lipinski definition) is 2. The molecule has 1 atom stereocenters. The molecule has 0 saturated heterocycles. The number of carbonyl (C=O) groups is 2. The summed E-state index contributed by atoms with van der Waals surface area (Å²) in [4.78, 5) is 23.3. The number of thioether (sulfide) groups is 1. The molecule has 0 aromatic heterocycles. The summed E-state index contributed by atoms with van der Waals surface area (Å²) in [5.41, 5.74) is 0. The molecule has 0 spiro atoms. The Bertz CT molecular complexity index is 522. The average molecular weight is 334 g/mol. The van der Waals surface area contributed by atoms with Gasteiger partial charge in [0.15, 0.2) is 0 Å². The molecule has 1 unspecified atom stereocenters. The zero-order valence-corrected chi connectivity index (χ0v) is 12.8. The minimum atomic E-state index is -1.09. The fraction of sp³-hybridized carbons (Fsp3) is 0.231. The van der Waals surface area contributed by atoms with E-state index in [1.54, 1.807) is 18.2 Å². The second-order valence-corrected chi connectivity index (χ2v) is 5.71. The van der Waals surface area contributed by atoms with Gasteiger partial charge in [0, 0.05) is 9.92 Å². The van der Waals surface area contributed by atoms with Gasteiger partial charge in [-0.3, -0.25) is 4.79 Å². The summed E-state index contributed by atoms with van der Waals surface area (Å²) in [5, 5.41) is 12.3. The standard InChI is InChI=1S/C13H13Cl2NO3S/c1-2-3-10(13(18)19)16-12(17)7-20-11-6-8(14)4-5-9(11)15/h2,4-6,10H,1,3,7H2,(H,16,17)(H,18,19). The van der Waals surface area contributed by atoms with Gasteiger partial charge in [-0.25, -0.2) is 4.79 Å². The Kier molecular flexibility index (Phi) is 6.91. The monoisotopic (exact) mass is 333 g/mol. The fourth-order valence-electron chi connectivity index (χ4n) is 1.36. The van der Waals surface area contributed by atoms with Crippen molar-refractivity contribution in [3.05, 3.63) is 40.9 Å². The first-order valence-electron chi connectivity index (χ1n) is 5.65. The maximum absolute atomic E-state index is 11.7. The third-order valence-corrected chi connectivity index (χ3v) is 4.02. The van der Waals surface area contributed by atoms with Crippen LogP contribution in [0.4, 0.5) is 0 Å². The maximum Gasteiger partial charge on any atom is 0.326 e. The third kappa shape index (κ3) is 5.45. The van der Waals surface area contributed by atoms with Crippen molar-refractivity contribution in [2.75, 3.05) is 5.75 Å². The van der Waals surface area contributed by atoms with Gasteiger partial charge in [-0.15, -0.1) is 18.3 Å². The minimum absolute atomic E-state index is 0.0565. The first-order valence-corrected chi connectivity index (χ1v) is 7.39. The van der Waals surface area contributed by atoms with Crippen molar-refractivity contribution in [1.82, 2.24) is 5.32 Å². The molecule has 1 rings (SSSR count). The Morgan fingerprint density at radius 2 is 2.15 bits per heavy atom. The van der Waals surface area contributed by atoms with Crippen molar-refractivity contribution in [2.45, 2.75) is 17.4 Å². The SMILES string of the molecule is C=CCC(NC(=O)CSc1cc(Cl)ccc1Cl)C(=O)O. The lowest BCUT2D eigenvalue weighted by molar-refractivity contribution is -0.141. The first kappa shape index (κ1) is 16.9. The highest BCUT2D eigenvalue weighted by atomic mass is 35.5. The van der Waals surface area contributed by atoms with Crippen molar-refractivity contribution >= 4 is 46.8 Å². The molecular weight excluding hydrogens is 321 g/mol. The van der Waals surface area contributed by atoms with Gasteiger partial charge < -0.3 is 10.4 Å². The van der Waals surface area contributed by atoms with E-state index in [2.05, 4.69) is 11.9 Å². The van der Waals surface area contributed by atoms with Crippen molar-refractivity contribution < 1.29 is 14.7 Å². The van der Waals surface area contributed by atoms with E-state index >= 15 is 0 Å². The predicted molar refractivity (Wildman–Crippen MR) is 81.6 cm³/mol. The molecule has 0 radical (unpaired) electrons. The van der Waals surface area contributed by atoms with E-state index in [4.69, 9.17) is 28.3 Å². The van der Waals surface area contributed by atoms with Crippen molar-refractivity contribution in [1.29, 1.82) is 0 Å². The largest absolute Gasteiger partial charge is 0.480 e. The van der Waals surface area contributed by atoms with Crippen LogP contribution in [0.2, 0.25) is 10.0 Å². The Morgan fingerprint density at radius 1 is 1.45 bits per heavy atom. The van der Waals surface area contributed by atoms with E-state index in [0.717, 1.165) is 0 Å². The van der Waals surface area contributed by atoms with Gasteiger partial charge in [0.05, 0.1) is 10.8 Å². The predicted octanol–water partition coefficient (Wildman–Crippen LogP) is 3.23. The molecule has 1 aromatic carbocycles. The lowest BCUT2D eigenvalue weighted by Gasteiger charge is -2.12. The molecule has 0 saturated carbocycles. The molecule has 1 aromatic rings. The van der Waals surface area contributed by atoms with Crippen molar-refractivity contribution in [3.8, 4) is 0 Å². The third-order valence-electron chi connectivity index (χ3n) is 2.29. The van der Waals surface area contributed by atoms with E-state index in [9.17, 15) is 9.59 Å². The normalized spacial score (nSPS) is 11.7. The Hall–Kier alpha value is -1.17. The minimum Gasteiger partial charge on any atom is -0.480 e. The molecule has 108 valence electrons. The number of nitrogens with one attached hydrogen (secondary N) is 1. The number of carboxylic acid groups (broad SMARTS) is 1. The van der Waals surface area contributed by atoms with Crippen molar-refractivity contribution in [3.63, 3.8) is 0 Å². The number of benzene rings is 1. The molecule has 20 heavy (non-hydrogen) atoms. The van der Waals surface area contributed by atoms with E-state index in [1.807, 2.05) is 0 Å². The van der Waals surface area contributed by atoms with Crippen LogP contribution in [0, 0.1) is 0 Å². The van der Waals surface area contributed by atoms with E-state index in [0.29, 0.717) is 14.9 Å². The molecule has 0 aliphatic carbocycles. The molecule has 0 aliphatic rings. The maximum atomic E-state index is 11.7. The number of carbonyl (C=O) groups excluding carboxylic acids is 1. The van der Waals surface area contributed by atoms with Crippen LogP contribution in [0.25, 0.3) is 0 Å². The van der Waals surface area contributed by atoms with Crippen LogP contribution >= 0.6 is 35.0 Å². The van der Waals surface area contributed by atoms with Gasteiger partial charge in [0.1, 0.15) is 6.04 Å². The van der Waals surface area contributed by atoms with Gasteiger partial charge in [-0.2, -0.15) is 0 Å². The second kappa shape index (κ2) is 8.19. The number of carboxylic acids is 1. The van der Waals surface area contributed by atoms with Gasteiger partial charge in [0.2, 0.25) is 5.91 Å². The topological polar surface area (TPSA) is 66.4 Å². The molecule has 4 nitrogen and oxygen atoms in total. The highest BCUT2D eigenvalue weighted by molar-refractivity contribution is 8.00. The molecule has 7 heteroatoms. The lowest BCUT2D eigenvalue weighted by atomic mass is 10.2. The second-order valence-electron chi connectivity index (χ2n) is 3.85. The average Bonchev–Trinajstić information content (AvgIpc) is 2.39. The van der Waals surface area contributed by atoms with E-state index < -0.39 is 12.0 Å². The number of amides is 1. The number of aliphatic carboxylic acids is 1.